The van der Waals surface area contributed by atoms with Gasteiger partial charge in [0, 0.05) is 12.8 Å². The van der Waals surface area contributed by atoms with Crippen molar-refractivity contribution in [3.8, 4) is 0 Å². The van der Waals surface area contributed by atoms with E-state index in [1.165, 1.54) is 25.7 Å². The zero-order valence-electron chi connectivity index (χ0n) is 7.51. The minimum atomic E-state index is 0.480. The summed E-state index contributed by atoms with van der Waals surface area (Å²) >= 11 is 0. The van der Waals surface area contributed by atoms with Crippen molar-refractivity contribution in [1.82, 2.24) is 0 Å². The molecule has 0 radical (unpaired) electrons. The Morgan fingerprint density at radius 3 is 3.08 bits per heavy atom. The van der Waals surface area contributed by atoms with Crippen LogP contribution >= 0.6 is 0 Å². The fourth-order valence-electron chi connectivity index (χ4n) is 2.41. The molecule has 0 N–H and O–H groups in total. The molecule has 66 valence electrons. The van der Waals surface area contributed by atoms with Crippen LogP contribution in [0, 0.1) is 5.92 Å². The third-order valence-corrected chi connectivity index (χ3v) is 3.10. The molecule has 0 heterocycles. The lowest BCUT2D eigenvalue weighted by molar-refractivity contribution is -0.119. The summed E-state index contributed by atoms with van der Waals surface area (Å²) in [7, 11) is 0. The van der Waals surface area contributed by atoms with Gasteiger partial charge in [0.05, 0.1) is 0 Å². The summed E-state index contributed by atoms with van der Waals surface area (Å²) in [6.07, 6.45) is 10.2. The standard InChI is InChI=1S/C11H16O/c12-11-7-3-6-9-4-1-2-5-10(9)8-11/h6,10H,1-5,7-8H2/t10-/m0/s1. The minimum Gasteiger partial charge on any atom is -0.300 e. The molecule has 0 bridgehead atoms. The highest BCUT2D eigenvalue weighted by atomic mass is 16.1. The molecule has 2 aliphatic carbocycles. The average Bonchev–Trinajstić information content (AvgIpc) is 2.25. The van der Waals surface area contributed by atoms with Gasteiger partial charge in [-0.3, -0.25) is 4.79 Å². The van der Waals surface area contributed by atoms with Gasteiger partial charge in [-0.1, -0.05) is 18.1 Å². The Morgan fingerprint density at radius 2 is 2.17 bits per heavy atom. The third-order valence-electron chi connectivity index (χ3n) is 3.10. The van der Waals surface area contributed by atoms with E-state index in [-0.39, 0.29) is 0 Å². The van der Waals surface area contributed by atoms with Gasteiger partial charge in [0.1, 0.15) is 5.78 Å². The summed E-state index contributed by atoms with van der Waals surface area (Å²) in [5.41, 5.74) is 1.59. The molecule has 0 amide bonds. The number of fused-ring (bicyclic) bond motifs is 1. The topological polar surface area (TPSA) is 17.1 Å². The normalized spacial score (nSPS) is 30.5. The second kappa shape index (κ2) is 3.42. The van der Waals surface area contributed by atoms with Crippen LogP contribution in [0.15, 0.2) is 11.6 Å². The number of ketones is 1. The van der Waals surface area contributed by atoms with Crippen molar-refractivity contribution in [2.24, 2.45) is 5.92 Å². The summed E-state index contributed by atoms with van der Waals surface area (Å²) in [5, 5.41) is 0. The molecule has 2 rings (SSSR count). The first kappa shape index (κ1) is 8.03. The molecule has 1 fully saturated rings. The lowest BCUT2D eigenvalue weighted by Crippen LogP contribution is -2.12. The SMILES string of the molecule is O=C1CCC=C2CCCC[C@H]2C1. The molecule has 1 atom stereocenters. The number of carbonyl (C=O) groups excluding carboxylic acids is 1. The van der Waals surface area contributed by atoms with Crippen LogP contribution in [-0.2, 0) is 4.79 Å². The number of hydrogen-bond acceptors (Lipinski definition) is 1. The number of hydrogen-bond donors (Lipinski definition) is 0. The van der Waals surface area contributed by atoms with Gasteiger partial charge in [-0.15, -0.1) is 0 Å². The summed E-state index contributed by atoms with van der Waals surface area (Å²) < 4.78 is 0. The Morgan fingerprint density at radius 1 is 1.25 bits per heavy atom. The third kappa shape index (κ3) is 1.60. The predicted octanol–water partition coefficient (Wildman–Crippen LogP) is 2.86. The van der Waals surface area contributed by atoms with Crippen LogP contribution in [0.4, 0.5) is 0 Å². The molecule has 0 spiro atoms. The second-order valence-corrected chi connectivity index (χ2v) is 4.00. The highest BCUT2D eigenvalue weighted by Gasteiger charge is 2.23. The molecule has 0 aromatic heterocycles. The maximum absolute atomic E-state index is 11.3. The number of allylic oxidation sites excluding steroid dienone is 2. The molecule has 1 saturated carbocycles. The van der Waals surface area contributed by atoms with E-state index in [1.807, 2.05) is 0 Å². The van der Waals surface area contributed by atoms with Crippen molar-refractivity contribution in [3.63, 3.8) is 0 Å². The number of Topliss-reactive ketones (excluding diaryl/α,β-unsaturated/α-hetero) is 1. The first-order chi connectivity index (χ1) is 5.86. The fraction of sp³-hybridized carbons (Fsp3) is 0.727. The van der Waals surface area contributed by atoms with E-state index >= 15 is 0 Å². The van der Waals surface area contributed by atoms with E-state index in [1.54, 1.807) is 5.57 Å². The van der Waals surface area contributed by atoms with Gasteiger partial charge >= 0.3 is 0 Å². The van der Waals surface area contributed by atoms with Crippen LogP contribution in [0.3, 0.4) is 0 Å². The lowest BCUT2D eigenvalue weighted by atomic mass is 9.82. The Hall–Kier alpha value is -0.590. The first-order valence-electron chi connectivity index (χ1n) is 5.07. The van der Waals surface area contributed by atoms with Crippen molar-refractivity contribution in [3.05, 3.63) is 11.6 Å². The summed E-state index contributed by atoms with van der Waals surface area (Å²) in [4.78, 5) is 11.3. The van der Waals surface area contributed by atoms with E-state index < -0.39 is 0 Å². The van der Waals surface area contributed by atoms with E-state index in [9.17, 15) is 4.79 Å². The summed E-state index contributed by atoms with van der Waals surface area (Å²) in [5.74, 6) is 1.11. The lowest BCUT2D eigenvalue weighted by Gasteiger charge is -2.23. The van der Waals surface area contributed by atoms with Crippen LogP contribution in [0.5, 0.6) is 0 Å². The van der Waals surface area contributed by atoms with E-state index in [4.69, 9.17) is 0 Å². The molecule has 0 unspecified atom stereocenters. The molecule has 0 aromatic rings. The first-order valence-corrected chi connectivity index (χ1v) is 5.07. The molecule has 12 heavy (non-hydrogen) atoms. The van der Waals surface area contributed by atoms with Gasteiger partial charge in [0.25, 0.3) is 0 Å². The number of carbonyl (C=O) groups is 1. The van der Waals surface area contributed by atoms with Crippen molar-refractivity contribution < 1.29 is 4.79 Å². The minimum absolute atomic E-state index is 0.480. The monoisotopic (exact) mass is 164 g/mol. The molecular weight excluding hydrogens is 148 g/mol. The van der Waals surface area contributed by atoms with Crippen molar-refractivity contribution in [1.29, 1.82) is 0 Å². The highest BCUT2D eigenvalue weighted by Crippen LogP contribution is 2.34. The van der Waals surface area contributed by atoms with Crippen molar-refractivity contribution in [2.45, 2.75) is 44.9 Å². The Labute approximate surface area is 73.8 Å². The van der Waals surface area contributed by atoms with Crippen LogP contribution in [0.1, 0.15) is 44.9 Å². The van der Waals surface area contributed by atoms with Crippen LogP contribution in [0.2, 0.25) is 0 Å². The van der Waals surface area contributed by atoms with Crippen LogP contribution < -0.4 is 0 Å². The van der Waals surface area contributed by atoms with Crippen LogP contribution in [0.25, 0.3) is 0 Å². The molecule has 0 aliphatic heterocycles. The maximum Gasteiger partial charge on any atom is 0.133 e. The summed E-state index contributed by atoms with van der Waals surface area (Å²) in [6.45, 7) is 0. The van der Waals surface area contributed by atoms with Gasteiger partial charge in [0.15, 0.2) is 0 Å². The average molecular weight is 164 g/mol. The quantitative estimate of drug-likeness (QED) is 0.503. The van der Waals surface area contributed by atoms with Crippen molar-refractivity contribution >= 4 is 5.78 Å². The van der Waals surface area contributed by atoms with Gasteiger partial charge in [0.2, 0.25) is 0 Å². The molecule has 0 saturated heterocycles. The van der Waals surface area contributed by atoms with Crippen LogP contribution in [-0.4, -0.2) is 5.78 Å². The largest absolute Gasteiger partial charge is 0.300 e. The molecule has 0 aromatic carbocycles. The Kier molecular flexibility index (Phi) is 2.29. The zero-order valence-corrected chi connectivity index (χ0v) is 7.51. The Balaban J connectivity index is 2.11. The summed E-state index contributed by atoms with van der Waals surface area (Å²) in [6, 6.07) is 0. The maximum atomic E-state index is 11.3. The Bertz CT molecular complexity index is 215. The highest BCUT2D eigenvalue weighted by molar-refractivity contribution is 5.79. The van der Waals surface area contributed by atoms with Gasteiger partial charge in [-0.05, 0) is 31.6 Å². The van der Waals surface area contributed by atoms with Gasteiger partial charge in [-0.2, -0.15) is 0 Å². The van der Waals surface area contributed by atoms with Gasteiger partial charge in [-0.25, -0.2) is 0 Å². The smallest absolute Gasteiger partial charge is 0.133 e. The van der Waals surface area contributed by atoms with E-state index in [0.29, 0.717) is 11.7 Å². The zero-order chi connectivity index (χ0) is 8.39. The van der Waals surface area contributed by atoms with Crippen molar-refractivity contribution in [2.75, 3.05) is 0 Å². The fourth-order valence-corrected chi connectivity index (χ4v) is 2.41. The molecular formula is C11H16O. The predicted molar refractivity (Wildman–Crippen MR) is 48.9 cm³/mol. The molecule has 1 heteroatoms. The van der Waals surface area contributed by atoms with E-state index in [2.05, 4.69) is 6.08 Å². The second-order valence-electron chi connectivity index (χ2n) is 4.00. The molecule has 2 aliphatic rings. The van der Waals surface area contributed by atoms with E-state index in [0.717, 1.165) is 19.3 Å². The number of rotatable bonds is 0. The van der Waals surface area contributed by atoms with Gasteiger partial charge < -0.3 is 0 Å². The molecule has 1 nitrogen and oxygen atoms in total.